The molecule has 1 heterocycles. The lowest BCUT2D eigenvalue weighted by atomic mass is 10.1. The van der Waals surface area contributed by atoms with Gasteiger partial charge in [0.2, 0.25) is 0 Å². The fourth-order valence-electron chi connectivity index (χ4n) is 2.72. The number of rotatable bonds is 6. The van der Waals surface area contributed by atoms with Crippen LogP contribution >= 0.6 is 0 Å². The summed E-state index contributed by atoms with van der Waals surface area (Å²) in [5.41, 5.74) is 4.07. The lowest BCUT2D eigenvalue weighted by Crippen LogP contribution is -2.15. The van der Waals surface area contributed by atoms with Crippen molar-refractivity contribution in [2.45, 2.75) is 27.4 Å². The van der Waals surface area contributed by atoms with Gasteiger partial charge in [0, 0.05) is 11.1 Å². The number of hydrogen-bond donors (Lipinski definition) is 0. The van der Waals surface area contributed by atoms with Gasteiger partial charge >= 0.3 is 5.97 Å². The number of esters is 1. The Hall–Kier alpha value is -3.15. The van der Waals surface area contributed by atoms with Crippen LogP contribution in [-0.4, -0.2) is 17.7 Å². The van der Waals surface area contributed by atoms with E-state index in [4.69, 9.17) is 14.0 Å². The van der Waals surface area contributed by atoms with Crippen molar-refractivity contribution in [2.24, 2.45) is 0 Å². The Bertz CT molecular complexity index is 927. The van der Waals surface area contributed by atoms with E-state index in [-0.39, 0.29) is 19.0 Å². The molecule has 2 aromatic carbocycles. The summed E-state index contributed by atoms with van der Waals surface area (Å²) in [7, 11) is 0. The van der Waals surface area contributed by atoms with Gasteiger partial charge in [-0.3, -0.25) is 0 Å². The zero-order valence-corrected chi connectivity index (χ0v) is 15.4. The lowest BCUT2D eigenvalue weighted by molar-refractivity contribution is -0.147. The van der Waals surface area contributed by atoms with Crippen molar-refractivity contribution >= 4 is 5.97 Å². The summed E-state index contributed by atoms with van der Waals surface area (Å²) < 4.78 is 29.0. The molecular weight excluding hydrogens is 349 g/mol. The molecule has 0 atom stereocenters. The molecule has 0 aliphatic rings. The molecule has 0 saturated carbocycles. The van der Waals surface area contributed by atoms with Gasteiger partial charge in [-0.1, -0.05) is 11.2 Å². The summed E-state index contributed by atoms with van der Waals surface area (Å²) in [6.07, 6.45) is 0. The highest BCUT2D eigenvalue weighted by Gasteiger charge is 2.16. The highest BCUT2D eigenvalue weighted by atomic mass is 19.1. The zero-order chi connectivity index (χ0) is 19.4. The van der Waals surface area contributed by atoms with Crippen molar-refractivity contribution in [2.75, 3.05) is 6.61 Å². The predicted octanol–water partition coefficient (Wildman–Crippen LogP) is 4.53. The van der Waals surface area contributed by atoms with Crippen LogP contribution in [0.1, 0.15) is 22.4 Å². The minimum atomic E-state index is -0.500. The minimum absolute atomic E-state index is 0.0223. The first kappa shape index (κ1) is 18.6. The van der Waals surface area contributed by atoms with Crippen LogP contribution < -0.4 is 4.74 Å². The van der Waals surface area contributed by atoms with Crippen molar-refractivity contribution in [3.05, 3.63) is 70.7 Å². The zero-order valence-electron chi connectivity index (χ0n) is 15.4. The molecule has 140 valence electrons. The van der Waals surface area contributed by atoms with Crippen molar-refractivity contribution in [1.29, 1.82) is 0 Å². The normalized spacial score (nSPS) is 10.7. The summed E-state index contributed by atoms with van der Waals surface area (Å²) >= 11 is 0. The van der Waals surface area contributed by atoms with E-state index < -0.39 is 5.97 Å². The maximum absolute atomic E-state index is 13.0. The van der Waals surface area contributed by atoms with Gasteiger partial charge in [-0.05, 0) is 68.3 Å². The maximum Gasteiger partial charge on any atom is 0.344 e. The monoisotopic (exact) mass is 369 g/mol. The lowest BCUT2D eigenvalue weighted by Gasteiger charge is -2.08. The largest absolute Gasteiger partial charge is 0.482 e. The van der Waals surface area contributed by atoms with E-state index >= 15 is 0 Å². The number of aryl methyl sites for hydroxylation is 2. The molecule has 6 heteroatoms. The van der Waals surface area contributed by atoms with Gasteiger partial charge in [-0.25, -0.2) is 9.18 Å². The average Bonchev–Trinajstić information content (AvgIpc) is 2.99. The molecule has 5 nitrogen and oxygen atoms in total. The van der Waals surface area contributed by atoms with Gasteiger partial charge in [0.1, 0.15) is 23.9 Å². The standard InChI is InChI=1S/C21H20FNO4/c1-13-8-14(2)10-18(9-13)25-12-20(24)26-11-19-15(3)21(27-23-19)16-4-6-17(22)7-5-16/h4-10H,11-12H2,1-3H3. The number of benzene rings is 2. The molecule has 1 aromatic heterocycles. The summed E-state index contributed by atoms with van der Waals surface area (Å²) in [5, 5.41) is 3.94. The molecule has 0 unspecified atom stereocenters. The van der Waals surface area contributed by atoms with Crippen LogP contribution in [0.15, 0.2) is 47.0 Å². The fourth-order valence-corrected chi connectivity index (χ4v) is 2.72. The molecule has 0 fully saturated rings. The highest BCUT2D eigenvalue weighted by molar-refractivity contribution is 5.71. The smallest absolute Gasteiger partial charge is 0.344 e. The first-order valence-corrected chi connectivity index (χ1v) is 8.50. The van der Waals surface area contributed by atoms with Crippen LogP contribution in [0, 0.1) is 26.6 Å². The van der Waals surface area contributed by atoms with Crippen LogP contribution in [-0.2, 0) is 16.1 Å². The summed E-state index contributed by atoms with van der Waals surface area (Å²) in [4.78, 5) is 11.9. The third-order valence-corrected chi connectivity index (χ3v) is 4.05. The van der Waals surface area contributed by atoms with E-state index in [9.17, 15) is 9.18 Å². The van der Waals surface area contributed by atoms with Gasteiger partial charge < -0.3 is 14.0 Å². The van der Waals surface area contributed by atoms with E-state index in [1.807, 2.05) is 39.0 Å². The van der Waals surface area contributed by atoms with Crippen molar-refractivity contribution in [3.63, 3.8) is 0 Å². The van der Waals surface area contributed by atoms with Crippen LogP contribution in [0.3, 0.4) is 0 Å². The van der Waals surface area contributed by atoms with E-state index in [2.05, 4.69) is 5.16 Å². The number of carbonyl (C=O) groups is 1. The first-order valence-electron chi connectivity index (χ1n) is 8.50. The molecule has 3 rings (SSSR count). The summed E-state index contributed by atoms with van der Waals surface area (Å²) in [5.74, 6) is 0.321. The maximum atomic E-state index is 13.0. The van der Waals surface area contributed by atoms with E-state index in [1.54, 1.807) is 12.1 Å². The Balaban J connectivity index is 1.57. The van der Waals surface area contributed by atoms with Gasteiger partial charge in [0.15, 0.2) is 12.4 Å². The van der Waals surface area contributed by atoms with Crippen molar-refractivity contribution in [3.8, 4) is 17.1 Å². The molecule has 0 aliphatic heterocycles. The van der Waals surface area contributed by atoms with Gasteiger partial charge in [-0.15, -0.1) is 0 Å². The Labute approximate surface area is 156 Å². The number of nitrogens with zero attached hydrogens (tertiary/aromatic N) is 1. The van der Waals surface area contributed by atoms with Crippen LogP contribution in [0.5, 0.6) is 5.75 Å². The molecule has 3 aromatic rings. The number of aromatic nitrogens is 1. The van der Waals surface area contributed by atoms with Crippen molar-refractivity contribution in [1.82, 2.24) is 5.16 Å². The van der Waals surface area contributed by atoms with Crippen molar-refractivity contribution < 1.29 is 23.2 Å². The van der Waals surface area contributed by atoms with Gasteiger partial charge in [0.05, 0.1) is 0 Å². The quantitative estimate of drug-likeness (QED) is 0.598. The van der Waals surface area contributed by atoms with Crippen LogP contribution in [0.25, 0.3) is 11.3 Å². The third-order valence-electron chi connectivity index (χ3n) is 4.05. The topological polar surface area (TPSA) is 61.6 Å². The minimum Gasteiger partial charge on any atom is -0.482 e. The van der Waals surface area contributed by atoms with Gasteiger partial charge in [-0.2, -0.15) is 0 Å². The second-order valence-corrected chi connectivity index (χ2v) is 6.36. The van der Waals surface area contributed by atoms with E-state index in [1.165, 1.54) is 12.1 Å². The molecular formula is C21H20FNO4. The van der Waals surface area contributed by atoms with Crippen LogP contribution in [0.4, 0.5) is 4.39 Å². The SMILES string of the molecule is Cc1cc(C)cc(OCC(=O)OCc2noc(-c3ccc(F)cc3)c2C)c1. The summed E-state index contributed by atoms with van der Waals surface area (Å²) in [6.45, 7) is 5.52. The molecule has 0 amide bonds. The Morgan fingerprint density at radius 3 is 2.41 bits per heavy atom. The van der Waals surface area contributed by atoms with E-state index in [0.29, 0.717) is 22.8 Å². The number of carbonyl (C=O) groups excluding carboxylic acids is 1. The Morgan fingerprint density at radius 1 is 1.07 bits per heavy atom. The second kappa shape index (κ2) is 8.03. The molecule has 0 saturated heterocycles. The molecule has 27 heavy (non-hydrogen) atoms. The molecule has 0 bridgehead atoms. The number of hydrogen-bond acceptors (Lipinski definition) is 5. The van der Waals surface area contributed by atoms with Gasteiger partial charge in [0.25, 0.3) is 0 Å². The summed E-state index contributed by atoms with van der Waals surface area (Å²) in [6, 6.07) is 11.7. The molecule has 0 spiro atoms. The Kier molecular flexibility index (Phi) is 5.54. The van der Waals surface area contributed by atoms with E-state index in [0.717, 1.165) is 16.7 Å². The predicted molar refractivity (Wildman–Crippen MR) is 97.8 cm³/mol. The highest BCUT2D eigenvalue weighted by Crippen LogP contribution is 2.26. The molecule has 0 radical (unpaired) electrons. The second-order valence-electron chi connectivity index (χ2n) is 6.36. The fraction of sp³-hybridized carbons (Fsp3) is 0.238. The number of ether oxygens (including phenoxy) is 2. The number of halogens is 1. The first-order chi connectivity index (χ1) is 12.9. The Morgan fingerprint density at radius 2 is 1.74 bits per heavy atom. The van der Waals surface area contributed by atoms with Crippen LogP contribution in [0.2, 0.25) is 0 Å². The third kappa shape index (κ3) is 4.73. The average molecular weight is 369 g/mol. The molecule has 0 aliphatic carbocycles. The molecule has 0 N–H and O–H groups in total.